The molecule has 1 unspecified atom stereocenters. The number of hydrogen-bond acceptors (Lipinski definition) is 6. The summed E-state index contributed by atoms with van der Waals surface area (Å²) in [7, 11) is -3.05. The Balaban J connectivity index is 2.19. The van der Waals surface area contributed by atoms with Gasteiger partial charge >= 0.3 is 0 Å². The average molecular weight is 345 g/mol. The van der Waals surface area contributed by atoms with E-state index in [-0.39, 0.29) is 11.1 Å². The molecular weight excluding hydrogens is 324 g/mol. The first-order valence-corrected chi connectivity index (χ1v) is 10.6. The third-order valence-corrected chi connectivity index (χ3v) is 7.66. The highest BCUT2D eigenvalue weighted by atomic mass is 32.2. The van der Waals surface area contributed by atoms with Crippen LogP contribution in [0.4, 0.5) is 0 Å². The van der Waals surface area contributed by atoms with Gasteiger partial charge < -0.3 is 5.73 Å². The van der Waals surface area contributed by atoms with Gasteiger partial charge in [-0.3, -0.25) is 4.90 Å². The van der Waals surface area contributed by atoms with Gasteiger partial charge in [-0.1, -0.05) is 18.8 Å². The van der Waals surface area contributed by atoms with Gasteiger partial charge in [0.05, 0.1) is 6.54 Å². The summed E-state index contributed by atoms with van der Waals surface area (Å²) in [5, 5.41) is 1.62. The molecule has 2 N–H and O–H groups in total. The van der Waals surface area contributed by atoms with Gasteiger partial charge in [0.15, 0.2) is 9.84 Å². The van der Waals surface area contributed by atoms with Crippen molar-refractivity contribution in [3.8, 4) is 11.8 Å². The van der Waals surface area contributed by atoms with E-state index in [0.29, 0.717) is 18.8 Å². The number of hydrogen-bond donors (Lipinski definition) is 1. The van der Waals surface area contributed by atoms with Crippen LogP contribution in [0.2, 0.25) is 0 Å². The zero-order valence-corrected chi connectivity index (χ0v) is 14.5. The summed E-state index contributed by atoms with van der Waals surface area (Å²) in [6.45, 7) is 3.51. The van der Waals surface area contributed by atoms with Crippen molar-refractivity contribution >= 4 is 32.9 Å². The van der Waals surface area contributed by atoms with Crippen molar-refractivity contribution < 1.29 is 8.42 Å². The second-order valence-electron chi connectivity index (χ2n) is 4.71. The van der Waals surface area contributed by atoms with E-state index in [9.17, 15) is 8.42 Å². The molecule has 1 saturated heterocycles. The Labute approximate surface area is 135 Å². The molecule has 1 aromatic heterocycles. The standard InChI is InChI=1S/C14H20N2O2S3/c1-2-21(17,18)14-11-19-9-7-16(14)10-13-12(4-3-6-15)5-8-20-13/h5,8,14H,2,6-7,9-11,15H2,1H3. The SMILES string of the molecule is CCS(=O)(=O)C1CSCCN1Cc1sccc1C#CCN. The van der Waals surface area contributed by atoms with E-state index in [1.165, 1.54) is 0 Å². The van der Waals surface area contributed by atoms with Crippen molar-refractivity contribution in [1.82, 2.24) is 4.90 Å². The Hall–Kier alpha value is -0.520. The summed E-state index contributed by atoms with van der Waals surface area (Å²) >= 11 is 3.35. The van der Waals surface area contributed by atoms with E-state index in [0.717, 1.165) is 22.7 Å². The molecule has 0 saturated carbocycles. The smallest absolute Gasteiger partial charge is 0.166 e. The van der Waals surface area contributed by atoms with Gasteiger partial charge in [-0.15, -0.1) is 11.3 Å². The summed E-state index contributed by atoms with van der Waals surface area (Å²) < 4.78 is 24.5. The van der Waals surface area contributed by atoms with Crippen LogP contribution in [0.25, 0.3) is 0 Å². The van der Waals surface area contributed by atoms with E-state index in [2.05, 4.69) is 16.7 Å². The predicted molar refractivity (Wildman–Crippen MR) is 91.2 cm³/mol. The number of thioether (sulfide) groups is 1. The van der Waals surface area contributed by atoms with Gasteiger partial charge in [0.25, 0.3) is 0 Å². The summed E-state index contributed by atoms with van der Waals surface area (Å²) in [6.07, 6.45) is 0. The Morgan fingerprint density at radius 1 is 1.52 bits per heavy atom. The lowest BCUT2D eigenvalue weighted by Crippen LogP contribution is -2.47. The van der Waals surface area contributed by atoms with Crippen LogP contribution in [-0.2, 0) is 16.4 Å². The molecule has 2 heterocycles. The summed E-state index contributed by atoms with van der Waals surface area (Å²) in [4.78, 5) is 3.20. The fraction of sp³-hybridized carbons (Fsp3) is 0.571. The monoisotopic (exact) mass is 344 g/mol. The maximum absolute atomic E-state index is 12.3. The summed E-state index contributed by atoms with van der Waals surface area (Å²) in [6, 6.07) is 1.98. The Bertz CT molecular complexity index is 628. The molecule has 0 aliphatic carbocycles. The van der Waals surface area contributed by atoms with Gasteiger partial charge in [-0.25, -0.2) is 8.42 Å². The van der Waals surface area contributed by atoms with Gasteiger partial charge in [-0.2, -0.15) is 11.8 Å². The predicted octanol–water partition coefficient (Wildman–Crippen LogP) is 1.37. The first-order chi connectivity index (χ1) is 10.1. The zero-order valence-electron chi connectivity index (χ0n) is 12.0. The van der Waals surface area contributed by atoms with Crippen molar-refractivity contribution in [1.29, 1.82) is 0 Å². The van der Waals surface area contributed by atoms with Crippen LogP contribution in [0, 0.1) is 11.8 Å². The minimum absolute atomic E-state index is 0.193. The molecule has 2 rings (SSSR count). The lowest BCUT2D eigenvalue weighted by molar-refractivity contribution is 0.264. The fourth-order valence-corrected chi connectivity index (χ4v) is 6.16. The average Bonchev–Trinajstić information content (AvgIpc) is 2.92. The minimum Gasteiger partial charge on any atom is -0.320 e. The van der Waals surface area contributed by atoms with E-state index in [1.54, 1.807) is 30.0 Å². The molecule has 1 atom stereocenters. The molecule has 7 heteroatoms. The van der Waals surface area contributed by atoms with Gasteiger partial charge in [0.2, 0.25) is 0 Å². The topological polar surface area (TPSA) is 63.4 Å². The molecule has 0 aromatic carbocycles. The quantitative estimate of drug-likeness (QED) is 0.836. The lowest BCUT2D eigenvalue weighted by Gasteiger charge is -2.34. The molecule has 116 valence electrons. The zero-order chi connectivity index (χ0) is 15.3. The van der Waals surface area contributed by atoms with Crippen molar-refractivity contribution in [2.75, 3.05) is 30.3 Å². The van der Waals surface area contributed by atoms with Crippen LogP contribution < -0.4 is 5.73 Å². The van der Waals surface area contributed by atoms with Crippen molar-refractivity contribution in [3.63, 3.8) is 0 Å². The minimum atomic E-state index is -3.05. The van der Waals surface area contributed by atoms with Gasteiger partial charge in [0, 0.05) is 40.8 Å². The van der Waals surface area contributed by atoms with Crippen LogP contribution in [0.15, 0.2) is 11.4 Å². The van der Waals surface area contributed by atoms with Gasteiger partial charge in [0.1, 0.15) is 5.37 Å². The number of sulfone groups is 1. The number of nitrogens with two attached hydrogens (primary N) is 1. The molecule has 1 aliphatic rings. The normalized spacial score (nSPS) is 20.0. The molecule has 0 spiro atoms. The Kier molecular flexibility index (Phi) is 6.14. The highest BCUT2D eigenvalue weighted by molar-refractivity contribution is 8.01. The largest absolute Gasteiger partial charge is 0.320 e. The molecule has 0 radical (unpaired) electrons. The molecule has 0 amide bonds. The Morgan fingerprint density at radius 2 is 2.33 bits per heavy atom. The maximum atomic E-state index is 12.3. The van der Waals surface area contributed by atoms with Gasteiger partial charge in [-0.05, 0) is 11.4 Å². The molecule has 0 bridgehead atoms. The van der Waals surface area contributed by atoms with Crippen LogP contribution in [0.3, 0.4) is 0 Å². The maximum Gasteiger partial charge on any atom is 0.166 e. The molecule has 1 aromatic rings. The second kappa shape index (κ2) is 7.65. The van der Waals surface area contributed by atoms with Crippen LogP contribution in [-0.4, -0.2) is 49.0 Å². The number of rotatable bonds is 4. The molecule has 4 nitrogen and oxygen atoms in total. The number of nitrogens with zero attached hydrogens (tertiary/aromatic N) is 1. The fourth-order valence-electron chi connectivity index (χ4n) is 2.22. The highest BCUT2D eigenvalue weighted by Gasteiger charge is 2.33. The van der Waals surface area contributed by atoms with E-state index in [1.807, 2.05) is 11.4 Å². The van der Waals surface area contributed by atoms with E-state index in [4.69, 9.17) is 5.73 Å². The molecular formula is C14H20N2O2S3. The number of thiophene rings is 1. The third-order valence-electron chi connectivity index (χ3n) is 3.42. The van der Waals surface area contributed by atoms with Crippen molar-refractivity contribution in [3.05, 3.63) is 21.9 Å². The summed E-state index contributed by atoms with van der Waals surface area (Å²) in [5.41, 5.74) is 6.38. The molecule has 1 aliphatic heterocycles. The van der Waals surface area contributed by atoms with Crippen LogP contribution >= 0.6 is 23.1 Å². The molecule has 1 fully saturated rings. The van der Waals surface area contributed by atoms with E-state index < -0.39 is 9.84 Å². The van der Waals surface area contributed by atoms with E-state index >= 15 is 0 Å². The highest BCUT2D eigenvalue weighted by Crippen LogP contribution is 2.26. The first-order valence-electron chi connectivity index (χ1n) is 6.87. The van der Waals surface area contributed by atoms with Crippen molar-refractivity contribution in [2.24, 2.45) is 5.73 Å². The van der Waals surface area contributed by atoms with Crippen LogP contribution in [0.1, 0.15) is 17.4 Å². The lowest BCUT2D eigenvalue weighted by atomic mass is 10.2. The summed E-state index contributed by atoms with van der Waals surface area (Å²) in [5.74, 6) is 7.76. The Morgan fingerprint density at radius 3 is 3.05 bits per heavy atom. The van der Waals surface area contributed by atoms with Crippen molar-refractivity contribution in [2.45, 2.75) is 18.8 Å². The second-order valence-corrected chi connectivity index (χ2v) is 9.31. The third kappa shape index (κ3) is 4.24. The molecule has 21 heavy (non-hydrogen) atoms. The van der Waals surface area contributed by atoms with Crippen LogP contribution in [0.5, 0.6) is 0 Å². The first kappa shape index (κ1) is 16.8.